The Labute approximate surface area is 113 Å². The van der Waals surface area contributed by atoms with E-state index in [4.69, 9.17) is 15.3 Å². The quantitative estimate of drug-likeness (QED) is 0.760. The molecule has 3 rings (SSSR count). The van der Waals surface area contributed by atoms with Crippen LogP contribution in [0.3, 0.4) is 0 Å². The van der Waals surface area contributed by atoms with Crippen molar-refractivity contribution in [2.24, 2.45) is 4.99 Å². The van der Waals surface area contributed by atoms with Crippen LogP contribution in [-0.4, -0.2) is 25.3 Å². The molecule has 1 aromatic rings. The topological polar surface area (TPSA) is 68.9 Å². The first-order valence-electron chi connectivity index (χ1n) is 6.60. The lowest BCUT2D eigenvalue weighted by Gasteiger charge is -2.04. The third-order valence-corrected chi connectivity index (χ3v) is 3.02. The molecule has 1 aromatic carbocycles. The van der Waals surface area contributed by atoms with Gasteiger partial charge in [-0.2, -0.15) is 0 Å². The first-order chi connectivity index (χ1) is 9.16. The van der Waals surface area contributed by atoms with Crippen LogP contribution in [0.4, 0.5) is 5.69 Å². The summed E-state index contributed by atoms with van der Waals surface area (Å²) in [5.41, 5.74) is 11.4. The van der Waals surface area contributed by atoms with Gasteiger partial charge in [-0.15, -0.1) is 0 Å². The van der Waals surface area contributed by atoms with Crippen molar-refractivity contribution in [1.29, 1.82) is 0 Å². The van der Waals surface area contributed by atoms with E-state index in [0.29, 0.717) is 0 Å². The van der Waals surface area contributed by atoms with E-state index >= 15 is 0 Å². The van der Waals surface area contributed by atoms with Gasteiger partial charge < -0.3 is 10.5 Å². The summed E-state index contributed by atoms with van der Waals surface area (Å²) in [6.45, 7) is 5.85. The molecule has 2 heterocycles. The minimum atomic E-state index is -0.132. The summed E-state index contributed by atoms with van der Waals surface area (Å²) in [6.07, 6.45) is 2.42. The van der Waals surface area contributed by atoms with E-state index in [2.05, 4.69) is 10.5 Å². The molecule has 5 nitrogen and oxygen atoms in total. The molecule has 1 fully saturated rings. The fourth-order valence-corrected chi connectivity index (χ4v) is 1.81. The number of rotatable bonds is 1. The second-order valence-corrected chi connectivity index (χ2v) is 4.69. The van der Waals surface area contributed by atoms with Crippen molar-refractivity contribution in [2.75, 3.05) is 18.9 Å². The highest BCUT2D eigenvalue weighted by Crippen LogP contribution is 2.15. The molecule has 0 saturated carbocycles. The van der Waals surface area contributed by atoms with Gasteiger partial charge in [-0.3, -0.25) is 0 Å². The molecule has 0 aromatic heterocycles. The zero-order valence-electron chi connectivity index (χ0n) is 11.5. The van der Waals surface area contributed by atoms with Crippen molar-refractivity contribution >= 4 is 11.5 Å². The first kappa shape index (κ1) is 13.8. The van der Waals surface area contributed by atoms with E-state index in [1.54, 1.807) is 0 Å². The third-order valence-electron chi connectivity index (χ3n) is 3.02. The molecule has 2 aliphatic heterocycles. The Hall–Kier alpha value is -1.59. The van der Waals surface area contributed by atoms with Gasteiger partial charge in [-0.1, -0.05) is 12.1 Å². The van der Waals surface area contributed by atoms with Gasteiger partial charge in [0, 0.05) is 24.5 Å². The van der Waals surface area contributed by atoms with Gasteiger partial charge in [0.1, 0.15) is 0 Å². The standard InChI is InChI=1S/C10H13N3O.C4H8O/c1-6-3-4-8(5-9(6)11)10-12-7(2)14-13-10;1-2-4-5-3-1/h3-5,7H,11H2,1-2H3,(H,12,13);1-4H2. The van der Waals surface area contributed by atoms with Gasteiger partial charge in [0.15, 0.2) is 12.1 Å². The molecule has 1 unspecified atom stereocenters. The Morgan fingerprint density at radius 2 is 2.05 bits per heavy atom. The van der Waals surface area contributed by atoms with Crippen LogP contribution in [0.25, 0.3) is 0 Å². The van der Waals surface area contributed by atoms with Crippen molar-refractivity contribution in [3.05, 3.63) is 29.3 Å². The molecule has 3 N–H and O–H groups in total. The number of hydrogen-bond acceptors (Lipinski definition) is 5. The van der Waals surface area contributed by atoms with Crippen molar-refractivity contribution in [2.45, 2.75) is 32.9 Å². The number of aliphatic imine (C=N–C) groups is 1. The van der Waals surface area contributed by atoms with Crippen LogP contribution in [0.1, 0.15) is 30.9 Å². The molecule has 1 saturated heterocycles. The fourth-order valence-electron chi connectivity index (χ4n) is 1.81. The monoisotopic (exact) mass is 263 g/mol. The van der Waals surface area contributed by atoms with Crippen molar-refractivity contribution in [3.63, 3.8) is 0 Å². The summed E-state index contributed by atoms with van der Waals surface area (Å²) < 4.78 is 4.94. The molecule has 0 bridgehead atoms. The Morgan fingerprint density at radius 1 is 1.32 bits per heavy atom. The van der Waals surface area contributed by atoms with Crippen LogP contribution < -0.4 is 11.2 Å². The number of hydroxylamine groups is 1. The van der Waals surface area contributed by atoms with E-state index in [9.17, 15) is 0 Å². The SMILES string of the molecule is C1CCOC1.Cc1ccc(C2=NC(C)ON2)cc1N. The fraction of sp³-hybridized carbons (Fsp3) is 0.500. The van der Waals surface area contributed by atoms with E-state index in [1.165, 1.54) is 12.8 Å². The molecule has 19 heavy (non-hydrogen) atoms. The van der Waals surface area contributed by atoms with Gasteiger partial charge in [0.05, 0.1) is 0 Å². The van der Waals surface area contributed by atoms with Crippen LogP contribution in [0.5, 0.6) is 0 Å². The van der Waals surface area contributed by atoms with Gasteiger partial charge >= 0.3 is 0 Å². The van der Waals surface area contributed by atoms with Gasteiger partial charge in [0.25, 0.3) is 0 Å². The summed E-state index contributed by atoms with van der Waals surface area (Å²) in [5.74, 6) is 0.740. The molecule has 5 heteroatoms. The Kier molecular flexibility index (Phi) is 4.76. The lowest BCUT2D eigenvalue weighted by molar-refractivity contribution is 0.0504. The first-order valence-corrected chi connectivity index (χ1v) is 6.60. The molecule has 0 amide bonds. The number of nitrogens with one attached hydrogen (secondary N) is 1. The number of hydrogen-bond donors (Lipinski definition) is 2. The Bertz CT molecular complexity index is 448. The highest BCUT2D eigenvalue weighted by molar-refractivity contribution is 5.99. The van der Waals surface area contributed by atoms with Gasteiger partial charge in [0.2, 0.25) is 0 Å². The minimum Gasteiger partial charge on any atom is -0.398 e. The molecular formula is C14H21N3O2. The van der Waals surface area contributed by atoms with Crippen LogP contribution in [-0.2, 0) is 9.57 Å². The third kappa shape index (κ3) is 3.94. The lowest BCUT2D eigenvalue weighted by Crippen LogP contribution is -2.18. The van der Waals surface area contributed by atoms with E-state index in [-0.39, 0.29) is 6.23 Å². The predicted molar refractivity (Wildman–Crippen MR) is 75.9 cm³/mol. The second-order valence-electron chi connectivity index (χ2n) is 4.69. The molecule has 2 aliphatic rings. The van der Waals surface area contributed by atoms with Crippen molar-refractivity contribution in [3.8, 4) is 0 Å². The Balaban J connectivity index is 0.000000224. The number of benzene rings is 1. The van der Waals surface area contributed by atoms with Gasteiger partial charge in [-0.05, 0) is 38.3 Å². The van der Waals surface area contributed by atoms with E-state index in [1.807, 2.05) is 32.0 Å². The minimum absolute atomic E-state index is 0.132. The maximum absolute atomic E-state index is 5.80. The maximum Gasteiger partial charge on any atom is 0.174 e. The molecule has 1 atom stereocenters. The molecular weight excluding hydrogens is 242 g/mol. The van der Waals surface area contributed by atoms with Gasteiger partial charge in [-0.25, -0.2) is 15.3 Å². The number of aryl methyl sites for hydroxylation is 1. The summed E-state index contributed by atoms with van der Waals surface area (Å²) >= 11 is 0. The van der Waals surface area contributed by atoms with Crippen LogP contribution in [0, 0.1) is 6.92 Å². The van der Waals surface area contributed by atoms with Crippen molar-refractivity contribution in [1.82, 2.24) is 5.48 Å². The summed E-state index contributed by atoms with van der Waals surface area (Å²) in [5, 5.41) is 0. The predicted octanol–water partition coefficient (Wildman–Crippen LogP) is 2.00. The van der Waals surface area contributed by atoms with Crippen LogP contribution in [0.2, 0.25) is 0 Å². The number of nitrogens with zero attached hydrogens (tertiary/aromatic N) is 1. The zero-order chi connectivity index (χ0) is 13.7. The number of nitrogen functional groups attached to an aromatic ring is 1. The smallest absolute Gasteiger partial charge is 0.174 e. The number of anilines is 1. The number of amidine groups is 1. The molecule has 0 spiro atoms. The summed E-state index contributed by atoms with van der Waals surface area (Å²) in [7, 11) is 0. The summed E-state index contributed by atoms with van der Waals surface area (Å²) in [4.78, 5) is 9.35. The average Bonchev–Trinajstić information content (AvgIpc) is 3.06. The lowest BCUT2D eigenvalue weighted by atomic mass is 10.1. The maximum atomic E-state index is 5.80. The normalized spacial score (nSPS) is 21.4. The number of ether oxygens (including phenoxy) is 1. The van der Waals surface area contributed by atoms with Crippen molar-refractivity contribution < 1.29 is 9.57 Å². The highest BCUT2D eigenvalue weighted by Gasteiger charge is 2.14. The van der Waals surface area contributed by atoms with E-state index in [0.717, 1.165) is 35.9 Å². The largest absolute Gasteiger partial charge is 0.398 e. The molecule has 0 radical (unpaired) electrons. The highest BCUT2D eigenvalue weighted by atomic mass is 16.7. The molecule has 104 valence electrons. The Morgan fingerprint density at radius 3 is 2.53 bits per heavy atom. The zero-order valence-corrected chi connectivity index (χ0v) is 11.5. The second kappa shape index (κ2) is 6.54. The van der Waals surface area contributed by atoms with Crippen LogP contribution in [0.15, 0.2) is 23.2 Å². The summed E-state index contributed by atoms with van der Waals surface area (Å²) in [6, 6.07) is 5.83. The molecule has 0 aliphatic carbocycles. The number of nitrogens with two attached hydrogens (primary N) is 1. The van der Waals surface area contributed by atoms with Crippen LogP contribution >= 0.6 is 0 Å². The average molecular weight is 263 g/mol. The van der Waals surface area contributed by atoms with E-state index < -0.39 is 0 Å².